The van der Waals surface area contributed by atoms with Crippen LogP contribution >= 0.6 is 0 Å². The van der Waals surface area contributed by atoms with E-state index in [-0.39, 0.29) is 19.7 Å². The Bertz CT molecular complexity index is 867. The molecule has 2 N–H and O–H groups in total. The first-order valence-electron chi connectivity index (χ1n) is 10.3. The summed E-state index contributed by atoms with van der Waals surface area (Å²) in [6.07, 6.45) is 0. The van der Waals surface area contributed by atoms with Crippen LogP contribution in [0.4, 0.5) is 0 Å². The Morgan fingerprint density at radius 1 is 0.750 bits per heavy atom. The molecule has 0 fully saturated rings. The molecule has 0 aliphatic rings. The van der Waals surface area contributed by atoms with Gasteiger partial charge in [0.15, 0.2) is 6.61 Å². The van der Waals surface area contributed by atoms with Crippen molar-refractivity contribution in [2.45, 2.75) is 13.8 Å². The SMILES string of the molecule is CCOc1ccc(OCCNC(=O)COC(=O)CNC(=O)c2ccc(OCC)cc2)cc1. The standard InChI is InChI=1S/C23H28N2O7/c1-3-29-18-7-5-17(6-8-18)23(28)25-15-22(27)32-16-21(26)24-13-14-31-20-11-9-19(10-12-20)30-4-2/h5-12H,3-4,13-16H2,1-2H3,(H,24,26)(H,25,28). The van der Waals surface area contributed by atoms with Crippen molar-refractivity contribution in [2.24, 2.45) is 0 Å². The lowest BCUT2D eigenvalue weighted by atomic mass is 10.2. The highest BCUT2D eigenvalue weighted by molar-refractivity contribution is 5.96. The molecule has 2 aromatic carbocycles. The summed E-state index contributed by atoms with van der Waals surface area (Å²) in [4.78, 5) is 35.5. The van der Waals surface area contributed by atoms with Crippen molar-refractivity contribution in [3.8, 4) is 17.2 Å². The molecule has 2 rings (SSSR count). The fourth-order valence-corrected chi connectivity index (χ4v) is 2.53. The van der Waals surface area contributed by atoms with E-state index in [1.165, 1.54) is 0 Å². The van der Waals surface area contributed by atoms with Crippen molar-refractivity contribution in [3.05, 3.63) is 54.1 Å². The zero-order valence-electron chi connectivity index (χ0n) is 18.2. The number of carbonyl (C=O) groups excluding carboxylic acids is 3. The van der Waals surface area contributed by atoms with Crippen molar-refractivity contribution in [3.63, 3.8) is 0 Å². The van der Waals surface area contributed by atoms with Gasteiger partial charge in [0.05, 0.1) is 19.8 Å². The Balaban J connectivity index is 1.58. The van der Waals surface area contributed by atoms with Crippen LogP contribution in [0.2, 0.25) is 0 Å². The van der Waals surface area contributed by atoms with Crippen molar-refractivity contribution in [2.75, 3.05) is 39.5 Å². The topological polar surface area (TPSA) is 112 Å². The molecular weight excluding hydrogens is 416 g/mol. The summed E-state index contributed by atoms with van der Waals surface area (Å²) >= 11 is 0. The maximum atomic E-state index is 12.0. The summed E-state index contributed by atoms with van der Waals surface area (Å²) in [5.74, 6) is 0.444. The third-order valence-electron chi connectivity index (χ3n) is 4.01. The number of carbonyl (C=O) groups is 3. The fraction of sp³-hybridized carbons (Fsp3) is 0.348. The van der Waals surface area contributed by atoms with Crippen LogP contribution in [0.5, 0.6) is 17.2 Å². The van der Waals surface area contributed by atoms with Crippen molar-refractivity contribution in [1.29, 1.82) is 0 Å². The Kier molecular flexibility index (Phi) is 10.4. The van der Waals surface area contributed by atoms with Crippen LogP contribution in [0.1, 0.15) is 24.2 Å². The summed E-state index contributed by atoms with van der Waals surface area (Å²) in [6.45, 7) is 4.60. The molecular formula is C23H28N2O7. The molecule has 32 heavy (non-hydrogen) atoms. The minimum absolute atomic E-state index is 0.248. The largest absolute Gasteiger partial charge is 0.494 e. The van der Waals surface area contributed by atoms with Gasteiger partial charge in [0.25, 0.3) is 11.8 Å². The molecule has 0 heterocycles. The molecule has 0 aliphatic carbocycles. The Labute approximate surface area is 187 Å². The molecule has 2 amide bonds. The number of hydrogen-bond acceptors (Lipinski definition) is 7. The summed E-state index contributed by atoms with van der Waals surface area (Å²) in [7, 11) is 0. The first-order valence-corrected chi connectivity index (χ1v) is 10.3. The zero-order chi connectivity index (χ0) is 23.2. The highest BCUT2D eigenvalue weighted by Gasteiger charge is 2.11. The van der Waals surface area contributed by atoms with Gasteiger partial charge in [-0.15, -0.1) is 0 Å². The van der Waals surface area contributed by atoms with Gasteiger partial charge in [0.1, 0.15) is 30.4 Å². The van der Waals surface area contributed by atoms with E-state index in [1.54, 1.807) is 48.5 Å². The third kappa shape index (κ3) is 8.95. The molecule has 172 valence electrons. The number of nitrogens with one attached hydrogen (secondary N) is 2. The van der Waals surface area contributed by atoms with E-state index in [2.05, 4.69) is 10.6 Å². The quantitative estimate of drug-likeness (QED) is 0.359. The number of rotatable bonds is 13. The van der Waals surface area contributed by atoms with E-state index in [0.29, 0.717) is 30.3 Å². The molecule has 0 bridgehead atoms. The Morgan fingerprint density at radius 2 is 1.28 bits per heavy atom. The molecule has 2 aromatic rings. The normalized spacial score (nSPS) is 10.1. The van der Waals surface area contributed by atoms with Gasteiger partial charge in [-0.25, -0.2) is 0 Å². The number of amides is 2. The average Bonchev–Trinajstić information content (AvgIpc) is 2.81. The Morgan fingerprint density at radius 3 is 1.84 bits per heavy atom. The molecule has 0 saturated carbocycles. The summed E-state index contributed by atoms with van der Waals surface area (Å²) in [5, 5.41) is 5.02. The molecule has 0 saturated heterocycles. The number of hydrogen-bond donors (Lipinski definition) is 2. The predicted molar refractivity (Wildman–Crippen MR) is 117 cm³/mol. The zero-order valence-corrected chi connectivity index (χ0v) is 18.2. The molecule has 0 atom stereocenters. The average molecular weight is 444 g/mol. The molecule has 0 aliphatic heterocycles. The first-order chi connectivity index (χ1) is 15.5. The Hall–Kier alpha value is -3.75. The molecule has 0 aromatic heterocycles. The van der Waals surface area contributed by atoms with Gasteiger partial charge in [-0.1, -0.05) is 0 Å². The van der Waals surface area contributed by atoms with Gasteiger partial charge in [0.2, 0.25) is 0 Å². The fourth-order valence-electron chi connectivity index (χ4n) is 2.53. The van der Waals surface area contributed by atoms with Crippen molar-refractivity contribution in [1.82, 2.24) is 10.6 Å². The van der Waals surface area contributed by atoms with Gasteiger partial charge in [-0.05, 0) is 62.4 Å². The molecule has 9 nitrogen and oxygen atoms in total. The minimum atomic E-state index is -0.718. The first kappa shape index (κ1) is 24.5. The maximum absolute atomic E-state index is 12.0. The van der Waals surface area contributed by atoms with Crippen LogP contribution in [0.25, 0.3) is 0 Å². The van der Waals surface area contributed by atoms with Crippen LogP contribution in [0.3, 0.4) is 0 Å². The van der Waals surface area contributed by atoms with Gasteiger partial charge >= 0.3 is 5.97 Å². The number of ether oxygens (including phenoxy) is 4. The van der Waals surface area contributed by atoms with Crippen LogP contribution in [-0.4, -0.2) is 57.3 Å². The highest BCUT2D eigenvalue weighted by Crippen LogP contribution is 2.17. The molecule has 9 heteroatoms. The molecule has 0 radical (unpaired) electrons. The van der Waals surface area contributed by atoms with E-state index in [1.807, 2.05) is 13.8 Å². The highest BCUT2D eigenvalue weighted by atomic mass is 16.5. The van der Waals surface area contributed by atoms with Gasteiger partial charge < -0.3 is 29.6 Å². The van der Waals surface area contributed by atoms with E-state index in [4.69, 9.17) is 18.9 Å². The monoisotopic (exact) mass is 444 g/mol. The molecule has 0 unspecified atom stereocenters. The van der Waals surface area contributed by atoms with Gasteiger partial charge in [-0.2, -0.15) is 0 Å². The van der Waals surface area contributed by atoms with E-state index < -0.39 is 24.4 Å². The predicted octanol–water partition coefficient (Wildman–Crippen LogP) is 1.95. The molecule has 0 spiro atoms. The lowest BCUT2D eigenvalue weighted by Gasteiger charge is -2.09. The summed E-state index contributed by atoms with van der Waals surface area (Å²) in [6, 6.07) is 13.7. The van der Waals surface area contributed by atoms with Crippen LogP contribution in [-0.2, 0) is 14.3 Å². The second-order valence-corrected chi connectivity index (χ2v) is 6.40. The maximum Gasteiger partial charge on any atom is 0.325 e. The van der Waals surface area contributed by atoms with Crippen molar-refractivity contribution >= 4 is 17.8 Å². The van der Waals surface area contributed by atoms with Crippen LogP contribution in [0, 0.1) is 0 Å². The lowest BCUT2D eigenvalue weighted by Crippen LogP contribution is -2.35. The number of esters is 1. The smallest absolute Gasteiger partial charge is 0.325 e. The van der Waals surface area contributed by atoms with E-state index >= 15 is 0 Å². The van der Waals surface area contributed by atoms with E-state index in [0.717, 1.165) is 5.75 Å². The van der Waals surface area contributed by atoms with E-state index in [9.17, 15) is 14.4 Å². The number of benzene rings is 2. The summed E-state index contributed by atoms with van der Waals surface area (Å²) < 4.78 is 21.0. The van der Waals surface area contributed by atoms with Gasteiger partial charge in [0, 0.05) is 5.56 Å². The second-order valence-electron chi connectivity index (χ2n) is 6.40. The van der Waals surface area contributed by atoms with Gasteiger partial charge in [-0.3, -0.25) is 14.4 Å². The van der Waals surface area contributed by atoms with Crippen molar-refractivity contribution < 1.29 is 33.3 Å². The minimum Gasteiger partial charge on any atom is -0.494 e. The second kappa shape index (κ2) is 13.5. The summed E-state index contributed by atoms with van der Waals surface area (Å²) in [5.41, 5.74) is 0.381. The van der Waals surface area contributed by atoms with Crippen LogP contribution in [0.15, 0.2) is 48.5 Å². The third-order valence-corrected chi connectivity index (χ3v) is 4.01. The lowest BCUT2D eigenvalue weighted by molar-refractivity contribution is -0.147. The van der Waals surface area contributed by atoms with Crippen LogP contribution < -0.4 is 24.8 Å².